The van der Waals surface area contributed by atoms with Gasteiger partial charge in [-0.2, -0.15) is 9.97 Å². The Hall–Kier alpha value is -3.49. The van der Waals surface area contributed by atoms with E-state index in [1.807, 2.05) is 29.2 Å². The van der Waals surface area contributed by atoms with E-state index >= 15 is 0 Å². The highest BCUT2D eigenvalue weighted by Gasteiger charge is 2.49. The number of anilines is 1. The van der Waals surface area contributed by atoms with Crippen molar-refractivity contribution in [1.29, 1.82) is 0 Å². The Morgan fingerprint density at radius 1 is 1.16 bits per heavy atom. The van der Waals surface area contributed by atoms with Crippen LogP contribution < -0.4 is 9.64 Å². The van der Waals surface area contributed by atoms with E-state index in [1.165, 1.54) is 0 Å². The second-order valence-electron chi connectivity index (χ2n) is 8.49. The second kappa shape index (κ2) is 8.22. The summed E-state index contributed by atoms with van der Waals surface area (Å²) in [5, 5.41) is 3.91. The quantitative estimate of drug-likeness (QED) is 0.605. The van der Waals surface area contributed by atoms with E-state index < -0.39 is 5.41 Å². The normalized spacial score (nSPS) is 20.9. The number of hydrogen-bond acceptors (Lipinski definition) is 8. The standard InChI is InChI=1S/C23H26N6O3/c1-16-25-20(32-27-16)18-7-4-3-6-17(18)14-28-12-5-9-23(21(28)30)10-13-29(15-23)22-24-11-8-19(26-22)31-2/h3-4,6-8,11H,5,9-10,12-15H2,1-2H3. The minimum atomic E-state index is -0.402. The SMILES string of the molecule is COc1ccnc(N2CCC3(CCCN(Cc4ccccc4-c4nc(C)no4)C3=O)C2)n1. The molecule has 0 aliphatic carbocycles. The maximum absolute atomic E-state index is 13.7. The number of piperidine rings is 1. The fourth-order valence-corrected chi connectivity index (χ4v) is 4.80. The molecule has 1 amide bonds. The van der Waals surface area contributed by atoms with Gasteiger partial charge in [0.2, 0.25) is 17.7 Å². The molecular weight excluding hydrogens is 408 g/mol. The molecule has 1 spiro atoms. The molecule has 2 aliphatic heterocycles. The Kier molecular flexibility index (Phi) is 5.24. The molecule has 1 unspecified atom stereocenters. The maximum atomic E-state index is 13.7. The Morgan fingerprint density at radius 3 is 2.84 bits per heavy atom. The van der Waals surface area contributed by atoms with Gasteiger partial charge >= 0.3 is 0 Å². The molecule has 2 aromatic heterocycles. The fraction of sp³-hybridized carbons (Fsp3) is 0.435. The average molecular weight is 435 g/mol. The third kappa shape index (κ3) is 3.68. The summed E-state index contributed by atoms with van der Waals surface area (Å²) < 4.78 is 10.6. The summed E-state index contributed by atoms with van der Waals surface area (Å²) in [5.41, 5.74) is 1.48. The van der Waals surface area contributed by atoms with Crippen molar-refractivity contribution in [2.45, 2.75) is 32.7 Å². The second-order valence-corrected chi connectivity index (χ2v) is 8.49. The first-order valence-electron chi connectivity index (χ1n) is 10.9. The summed E-state index contributed by atoms with van der Waals surface area (Å²) in [6.07, 6.45) is 4.35. The number of hydrogen-bond donors (Lipinski definition) is 0. The van der Waals surface area contributed by atoms with Crippen LogP contribution in [0.3, 0.4) is 0 Å². The highest BCUT2D eigenvalue weighted by Crippen LogP contribution is 2.41. The number of nitrogens with zero attached hydrogens (tertiary/aromatic N) is 6. The summed E-state index contributed by atoms with van der Waals surface area (Å²) in [7, 11) is 1.59. The minimum Gasteiger partial charge on any atom is -0.481 e. The third-order valence-electron chi connectivity index (χ3n) is 6.42. The van der Waals surface area contributed by atoms with E-state index in [-0.39, 0.29) is 5.91 Å². The molecule has 1 atom stereocenters. The first-order chi connectivity index (χ1) is 15.6. The van der Waals surface area contributed by atoms with Crippen LogP contribution in [-0.2, 0) is 11.3 Å². The van der Waals surface area contributed by atoms with Gasteiger partial charge < -0.3 is 19.1 Å². The smallest absolute Gasteiger partial charge is 0.258 e. The van der Waals surface area contributed by atoms with Crippen molar-refractivity contribution in [2.75, 3.05) is 31.6 Å². The van der Waals surface area contributed by atoms with E-state index in [0.29, 0.717) is 36.6 Å². The molecule has 9 nitrogen and oxygen atoms in total. The van der Waals surface area contributed by atoms with Crippen molar-refractivity contribution in [3.05, 3.63) is 47.9 Å². The summed E-state index contributed by atoms with van der Waals surface area (Å²) in [5.74, 6) is 2.42. The van der Waals surface area contributed by atoms with Crippen LogP contribution in [0.2, 0.25) is 0 Å². The molecule has 2 saturated heterocycles. The zero-order valence-corrected chi connectivity index (χ0v) is 18.3. The highest BCUT2D eigenvalue weighted by molar-refractivity contribution is 5.85. The monoisotopic (exact) mass is 434 g/mol. The number of aryl methyl sites for hydroxylation is 1. The summed E-state index contributed by atoms with van der Waals surface area (Å²) in [4.78, 5) is 31.0. The van der Waals surface area contributed by atoms with Gasteiger partial charge in [-0.25, -0.2) is 4.98 Å². The van der Waals surface area contributed by atoms with Gasteiger partial charge in [0.1, 0.15) is 0 Å². The van der Waals surface area contributed by atoms with Crippen LogP contribution in [0.4, 0.5) is 5.95 Å². The summed E-state index contributed by atoms with van der Waals surface area (Å²) in [6, 6.07) is 9.63. The molecule has 0 bridgehead atoms. The molecule has 3 aromatic rings. The van der Waals surface area contributed by atoms with E-state index in [1.54, 1.807) is 26.3 Å². The Balaban J connectivity index is 1.36. The van der Waals surface area contributed by atoms with Crippen LogP contribution in [-0.4, -0.2) is 57.7 Å². The number of ether oxygens (including phenoxy) is 1. The number of carbonyl (C=O) groups is 1. The molecule has 166 valence electrons. The molecule has 0 radical (unpaired) electrons. The predicted octanol–water partition coefficient (Wildman–Crippen LogP) is 2.86. The molecule has 5 rings (SSSR count). The number of aromatic nitrogens is 4. The van der Waals surface area contributed by atoms with Gasteiger partial charge in [0.05, 0.1) is 12.5 Å². The van der Waals surface area contributed by atoms with Gasteiger partial charge in [-0.3, -0.25) is 4.79 Å². The Labute approximate surface area is 186 Å². The van der Waals surface area contributed by atoms with Gasteiger partial charge in [0, 0.05) is 44.0 Å². The van der Waals surface area contributed by atoms with Gasteiger partial charge in [0.25, 0.3) is 5.89 Å². The van der Waals surface area contributed by atoms with E-state index in [0.717, 1.165) is 43.5 Å². The van der Waals surface area contributed by atoms with Crippen molar-refractivity contribution in [3.63, 3.8) is 0 Å². The van der Waals surface area contributed by atoms with Crippen molar-refractivity contribution < 1.29 is 14.1 Å². The zero-order valence-electron chi connectivity index (χ0n) is 18.3. The lowest BCUT2D eigenvalue weighted by molar-refractivity contribution is -0.145. The van der Waals surface area contributed by atoms with Gasteiger partial charge in [-0.05, 0) is 37.8 Å². The summed E-state index contributed by atoms with van der Waals surface area (Å²) in [6.45, 7) is 4.44. The number of benzene rings is 1. The molecule has 2 aliphatic rings. The van der Waals surface area contributed by atoms with Crippen LogP contribution in [0.15, 0.2) is 41.1 Å². The van der Waals surface area contributed by atoms with E-state index in [9.17, 15) is 4.79 Å². The first-order valence-corrected chi connectivity index (χ1v) is 10.9. The van der Waals surface area contributed by atoms with Crippen LogP contribution in [0.5, 0.6) is 5.88 Å². The molecule has 0 N–H and O–H groups in total. The first kappa shape index (κ1) is 20.4. The number of likely N-dealkylation sites (tertiary alicyclic amines) is 1. The van der Waals surface area contributed by atoms with E-state index in [4.69, 9.17) is 9.26 Å². The van der Waals surface area contributed by atoms with Crippen molar-refractivity contribution in [2.24, 2.45) is 5.41 Å². The molecule has 0 saturated carbocycles. The Morgan fingerprint density at radius 2 is 2.03 bits per heavy atom. The maximum Gasteiger partial charge on any atom is 0.258 e. The predicted molar refractivity (Wildman–Crippen MR) is 117 cm³/mol. The van der Waals surface area contributed by atoms with Crippen LogP contribution in [0, 0.1) is 12.3 Å². The molecule has 32 heavy (non-hydrogen) atoms. The number of rotatable bonds is 5. The van der Waals surface area contributed by atoms with Crippen molar-refractivity contribution in [3.8, 4) is 17.3 Å². The topological polar surface area (TPSA) is 97.5 Å². The molecule has 4 heterocycles. The van der Waals surface area contributed by atoms with Crippen LogP contribution >= 0.6 is 0 Å². The largest absolute Gasteiger partial charge is 0.481 e. The van der Waals surface area contributed by atoms with Crippen LogP contribution in [0.25, 0.3) is 11.5 Å². The van der Waals surface area contributed by atoms with Crippen molar-refractivity contribution >= 4 is 11.9 Å². The third-order valence-corrected chi connectivity index (χ3v) is 6.42. The number of amides is 1. The van der Waals surface area contributed by atoms with Crippen LogP contribution in [0.1, 0.15) is 30.7 Å². The Bertz CT molecular complexity index is 1130. The van der Waals surface area contributed by atoms with Gasteiger partial charge in [-0.1, -0.05) is 23.4 Å². The lowest BCUT2D eigenvalue weighted by Gasteiger charge is -2.39. The van der Waals surface area contributed by atoms with Gasteiger partial charge in [-0.15, -0.1) is 0 Å². The average Bonchev–Trinajstić information content (AvgIpc) is 3.45. The number of methoxy groups -OCH3 is 1. The minimum absolute atomic E-state index is 0.200. The lowest BCUT2D eigenvalue weighted by Crippen LogP contribution is -2.49. The van der Waals surface area contributed by atoms with E-state index in [2.05, 4.69) is 25.0 Å². The fourth-order valence-electron chi connectivity index (χ4n) is 4.80. The number of carbonyl (C=O) groups excluding carboxylic acids is 1. The molecule has 2 fully saturated rings. The molecule has 1 aromatic carbocycles. The molecule has 9 heteroatoms. The lowest BCUT2D eigenvalue weighted by atomic mass is 9.78. The van der Waals surface area contributed by atoms with Gasteiger partial charge in [0.15, 0.2) is 5.82 Å². The molecular formula is C23H26N6O3. The highest BCUT2D eigenvalue weighted by atomic mass is 16.5. The zero-order chi connectivity index (χ0) is 22.1. The van der Waals surface area contributed by atoms with Crippen molar-refractivity contribution in [1.82, 2.24) is 25.0 Å². The summed E-state index contributed by atoms with van der Waals surface area (Å²) >= 11 is 0.